The Bertz CT molecular complexity index is 1410. The Morgan fingerprint density at radius 3 is 2.26 bits per heavy atom. The number of hydrogen-bond donors (Lipinski definition) is 0. The second-order valence-corrected chi connectivity index (χ2v) is 8.65. The van der Waals surface area contributed by atoms with E-state index in [0.29, 0.717) is 5.56 Å². The Hall–Kier alpha value is -4.19. The van der Waals surface area contributed by atoms with Gasteiger partial charge in [-0.2, -0.15) is 5.10 Å². The van der Waals surface area contributed by atoms with Crippen molar-refractivity contribution in [2.45, 2.75) is 34.6 Å². The van der Waals surface area contributed by atoms with Gasteiger partial charge in [0.05, 0.1) is 11.4 Å². The number of rotatable bonds is 7. The molecule has 178 valence electrons. The standard InChI is InChI=1S/C29H29N3O3/c1-19-11-13-24(14-12-19)31-20(2)17-27(22(31)4)28(33)18-35-29(34)16-15-26-21(3)30-32(23(26)5)25-9-7-6-8-10-25/h6-17H,18H2,1-5H3. The Morgan fingerprint density at radius 2 is 1.57 bits per heavy atom. The number of aryl methyl sites for hydroxylation is 3. The second kappa shape index (κ2) is 9.97. The molecule has 0 aliphatic rings. The highest BCUT2D eigenvalue weighted by molar-refractivity contribution is 6.00. The lowest BCUT2D eigenvalue weighted by Crippen LogP contribution is -2.13. The summed E-state index contributed by atoms with van der Waals surface area (Å²) in [6.45, 7) is 9.42. The minimum Gasteiger partial charge on any atom is -0.454 e. The SMILES string of the molecule is Cc1ccc(-n2c(C)cc(C(=O)COC(=O)C=Cc3c(C)nn(-c4ccccc4)c3C)c2C)cc1. The first-order valence-electron chi connectivity index (χ1n) is 11.5. The molecule has 2 heterocycles. The minimum atomic E-state index is -0.572. The van der Waals surface area contributed by atoms with Crippen molar-refractivity contribution in [3.8, 4) is 11.4 Å². The molecule has 4 rings (SSSR count). The van der Waals surface area contributed by atoms with Gasteiger partial charge in [0.15, 0.2) is 6.61 Å². The van der Waals surface area contributed by atoms with Crippen molar-refractivity contribution in [1.29, 1.82) is 0 Å². The summed E-state index contributed by atoms with van der Waals surface area (Å²) in [5.41, 5.74) is 7.99. The summed E-state index contributed by atoms with van der Waals surface area (Å²) in [7, 11) is 0. The molecule has 0 fully saturated rings. The van der Waals surface area contributed by atoms with Crippen LogP contribution < -0.4 is 0 Å². The van der Waals surface area contributed by atoms with Gasteiger partial charge in [-0.3, -0.25) is 4.79 Å². The maximum absolute atomic E-state index is 12.8. The van der Waals surface area contributed by atoms with Crippen molar-refractivity contribution in [3.05, 3.63) is 106 Å². The number of carbonyl (C=O) groups is 2. The van der Waals surface area contributed by atoms with Crippen LogP contribution in [0.15, 0.2) is 66.7 Å². The number of para-hydroxylation sites is 1. The molecule has 0 unspecified atom stereocenters. The molecule has 6 heteroatoms. The van der Waals surface area contributed by atoms with Crippen LogP contribution in [0.3, 0.4) is 0 Å². The zero-order valence-electron chi connectivity index (χ0n) is 20.7. The molecule has 0 spiro atoms. The molecule has 0 atom stereocenters. The monoisotopic (exact) mass is 467 g/mol. The molecule has 2 aromatic carbocycles. The van der Waals surface area contributed by atoms with Crippen LogP contribution in [0.1, 0.15) is 44.3 Å². The summed E-state index contributed by atoms with van der Waals surface area (Å²) in [4.78, 5) is 25.2. The fourth-order valence-corrected chi connectivity index (χ4v) is 4.27. The van der Waals surface area contributed by atoms with E-state index >= 15 is 0 Å². The number of hydrogen-bond acceptors (Lipinski definition) is 4. The lowest BCUT2D eigenvalue weighted by molar-refractivity contribution is -0.136. The van der Waals surface area contributed by atoms with E-state index in [1.165, 1.54) is 11.6 Å². The normalized spacial score (nSPS) is 11.2. The minimum absolute atomic E-state index is 0.234. The van der Waals surface area contributed by atoms with E-state index in [4.69, 9.17) is 4.74 Å². The molecule has 0 amide bonds. The molecule has 2 aromatic heterocycles. The number of nitrogens with zero attached hydrogens (tertiary/aromatic N) is 3. The number of ether oxygens (including phenoxy) is 1. The highest BCUT2D eigenvalue weighted by Gasteiger charge is 2.18. The smallest absolute Gasteiger partial charge is 0.331 e. The Morgan fingerprint density at radius 1 is 0.886 bits per heavy atom. The summed E-state index contributed by atoms with van der Waals surface area (Å²) in [6.07, 6.45) is 3.03. The number of esters is 1. The Balaban J connectivity index is 1.44. The van der Waals surface area contributed by atoms with Crippen molar-refractivity contribution in [3.63, 3.8) is 0 Å². The highest BCUT2D eigenvalue weighted by Crippen LogP contribution is 2.22. The van der Waals surface area contributed by atoms with Crippen LogP contribution in [0, 0.1) is 34.6 Å². The predicted octanol–water partition coefficient (Wildman–Crippen LogP) is 5.64. The first-order chi connectivity index (χ1) is 16.8. The van der Waals surface area contributed by atoms with Gasteiger partial charge in [-0.05, 0) is 71.0 Å². The largest absolute Gasteiger partial charge is 0.454 e. The maximum Gasteiger partial charge on any atom is 0.331 e. The van der Waals surface area contributed by atoms with Gasteiger partial charge in [0.1, 0.15) is 0 Å². The fourth-order valence-electron chi connectivity index (χ4n) is 4.27. The average Bonchev–Trinajstić information content (AvgIpc) is 3.31. The topological polar surface area (TPSA) is 66.1 Å². The van der Waals surface area contributed by atoms with Gasteiger partial charge < -0.3 is 9.30 Å². The van der Waals surface area contributed by atoms with Crippen LogP contribution in [0.5, 0.6) is 0 Å². The molecule has 4 aromatic rings. The summed E-state index contributed by atoms with van der Waals surface area (Å²) in [6, 6.07) is 19.8. The molecule has 0 saturated carbocycles. The van der Waals surface area contributed by atoms with Gasteiger partial charge in [-0.1, -0.05) is 35.9 Å². The second-order valence-electron chi connectivity index (χ2n) is 8.65. The molecule has 35 heavy (non-hydrogen) atoms. The Labute approximate surface area is 205 Å². The summed E-state index contributed by atoms with van der Waals surface area (Å²) >= 11 is 0. The van der Waals surface area contributed by atoms with E-state index in [2.05, 4.69) is 5.10 Å². The van der Waals surface area contributed by atoms with Gasteiger partial charge in [-0.25, -0.2) is 9.48 Å². The van der Waals surface area contributed by atoms with Gasteiger partial charge in [0.2, 0.25) is 5.78 Å². The molecule has 0 bridgehead atoms. The Kier molecular flexibility index (Phi) is 6.82. The van der Waals surface area contributed by atoms with Gasteiger partial charge in [0.25, 0.3) is 0 Å². The third-order valence-electron chi connectivity index (χ3n) is 6.10. The summed E-state index contributed by atoms with van der Waals surface area (Å²) in [5.74, 6) is -0.806. The molecule has 0 radical (unpaired) electrons. The van der Waals surface area contributed by atoms with Crippen molar-refractivity contribution in [1.82, 2.24) is 14.3 Å². The van der Waals surface area contributed by atoms with Crippen molar-refractivity contribution >= 4 is 17.8 Å². The lowest BCUT2D eigenvalue weighted by Gasteiger charge is -2.10. The molecule has 0 aliphatic heterocycles. The molecule has 0 saturated heterocycles. The number of benzene rings is 2. The first kappa shape index (κ1) is 24.0. The molecular formula is C29H29N3O3. The van der Waals surface area contributed by atoms with Crippen LogP contribution in [-0.2, 0) is 9.53 Å². The van der Waals surface area contributed by atoms with Crippen LogP contribution in [-0.4, -0.2) is 32.7 Å². The third kappa shape index (κ3) is 5.01. The quantitative estimate of drug-likeness (QED) is 0.200. The van der Waals surface area contributed by atoms with Crippen LogP contribution in [0.4, 0.5) is 0 Å². The average molecular weight is 468 g/mol. The van der Waals surface area contributed by atoms with Gasteiger partial charge >= 0.3 is 5.97 Å². The van der Waals surface area contributed by atoms with E-state index in [0.717, 1.165) is 39.7 Å². The molecular weight excluding hydrogens is 438 g/mol. The number of Topliss-reactive ketones (excluding diaryl/α,β-unsaturated/α-hetero) is 1. The van der Waals surface area contributed by atoms with E-state index in [1.807, 2.05) is 105 Å². The molecule has 0 aliphatic carbocycles. The van der Waals surface area contributed by atoms with Crippen LogP contribution in [0.2, 0.25) is 0 Å². The third-order valence-corrected chi connectivity index (χ3v) is 6.10. The summed E-state index contributed by atoms with van der Waals surface area (Å²) < 4.78 is 9.14. The molecule has 0 N–H and O–H groups in total. The van der Waals surface area contributed by atoms with E-state index in [9.17, 15) is 9.59 Å². The van der Waals surface area contributed by atoms with Gasteiger partial charge in [-0.15, -0.1) is 0 Å². The van der Waals surface area contributed by atoms with Crippen LogP contribution in [0.25, 0.3) is 17.5 Å². The van der Waals surface area contributed by atoms with Crippen molar-refractivity contribution < 1.29 is 14.3 Å². The maximum atomic E-state index is 12.8. The predicted molar refractivity (Wildman–Crippen MR) is 137 cm³/mol. The van der Waals surface area contributed by atoms with E-state index in [1.54, 1.807) is 6.08 Å². The zero-order chi connectivity index (χ0) is 25.1. The van der Waals surface area contributed by atoms with E-state index in [-0.39, 0.29) is 12.4 Å². The van der Waals surface area contributed by atoms with Crippen molar-refractivity contribution in [2.75, 3.05) is 6.61 Å². The molecule has 6 nitrogen and oxygen atoms in total. The fraction of sp³-hybridized carbons (Fsp3) is 0.207. The highest BCUT2D eigenvalue weighted by atomic mass is 16.5. The zero-order valence-corrected chi connectivity index (χ0v) is 20.7. The number of aromatic nitrogens is 3. The van der Waals surface area contributed by atoms with E-state index < -0.39 is 5.97 Å². The van der Waals surface area contributed by atoms with Crippen LogP contribution >= 0.6 is 0 Å². The number of ketones is 1. The summed E-state index contributed by atoms with van der Waals surface area (Å²) in [5, 5.41) is 4.58. The number of carbonyl (C=O) groups excluding carboxylic acids is 2. The van der Waals surface area contributed by atoms with Crippen molar-refractivity contribution in [2.24, 2.45) is 0 Å². The lowest BCUT2D eigenvalue weighted by atomic mass is 10.1. The first-order valence-corrected chi connectivity index (χ1v) is 11.5. The van der Waals surface area contributed by atoms with Gasteiger partial charge in [0, 0.05) is 40.0 Å².